The molecule has 46 valence electrons. The van der Waals surface area contributed by atoms with Crippen molar-refractivity contribution in [2.75, 3.05) is 0 Å². The number of alkyl halides is 2. The van der Waals surface area contributed by atoms with E-state index in [2.05, 4.69) is 15.7 Å². The molecule has 0 bridgehead atoms. The molecule has 0 amide bonds. The van der Waals surface area contributed by atoms with Gasteiger partial charge in [-0.05, 0) is 0 Å². The Morgan fingerprint density at radius 2 is 2.38 bits per heavy atom. The van der Waals surface area contributed by atoms with Crippen LogP contribution in [0.3, 0.4) is 0 Å². The second-order valence-electron chi connectivity index (χ2n) is 1.21. The first-order valence-electron chi connectivity index (χ1n) is 1.77. The molecule has 0 saturated heterocycles. The molecule has 0 radical (unpaired) electrons. The number of hydrazone groups is 1. The molecule has 0 fully saturated rings. The Balaban J connectivity index is 2.73. The fourth-order valence-corrected chi connectivity index (χ4v) is 0.247. The number of nitrogens with zero attached hydrogens (tertiary/aromatic N) is 1. The van der Waals surface area contributed by atoms with Crippen molar-refractivity contribution in [3.63, 3.8) is 0 Å². The molecule has 0 aliphatic carbocycles. The van der Waals surface area contributed by atoms with E-state index in [-0.39, 0.29) is 0 Å². The Morgan fingerprint density at radius 3 is 2.50 bits per heavy atom. The van der Waals surface area contributed by atoms with E-state index in [0.717, 1.165) is 0 Å². The van der Waals surface area contributed by atoms with Crippen LogP contribution in [0, 0.1) is 0 Å². The van der Waals surface area contributed by atoms with Gasteiger partial charge in [-0.25, -0.2) is 0 Å². The van der Waals surface area contributed by atoms with Crippen LogP contribution in [0.5, 0.6) is 0 Å². The Bertz CT molecular complexity index is 133. The molecule has 0 aromatic rings. The maximum Gasteiger partial charge on any atom is 0.438 e. The maximum atomic E-state index is 11.8. The van der Waals surface area contributed by atoms with Crippen LogP contribution in [-0.4, -0.2) is 11.9 Å². The molecule has 1 aliphatic heterocycles. The molecule has 0 unspecified atom stereocenters. The van der Waals surface area contributed by atoms with Crippen molar-refractivity contribution in [2.45, 2.75) is 6.11 Å². The van der Waals surface area contributed by atoms with Crippen molar-refractivity contribution in [1.29, 1.82) is 0 Å². The first-order valence-corrected chi connectivity index (χ1v) is 1.77. The largest absolute Gasteiger partial charge is 0.438 e. The molecule has 1 heterocycles. The number of amidine groups is 1. The number of halogens is 2. The highest BCUT2D eigenvalue weighted by Crippen LogP contribution is 2.16. The third-order valence-electron chi connectivity index (χ3n) is 0.638. The van der Waals surface area contributed by atoms with Gasteiger partial charge < -0.3 is 5.73 Å². The summed E-state index contributed by atoms with van der Waals surface area (Å²) in [6.07, 6.45) is -3.43. The minimum absolute atomic E-state index is 0.850. The van der Waals surface area contributed by atoms with Crippen LogP contribution in [0.25, 0.3) is 0 Å². The quantitative estimate of drug-likeness (QED) is 0.451. The second kappa shape index (κ2) is 1.28. The zero-order valence-electron chi connectivity index (χ0n) is 3.69. The lowest BCUT2D eigenvalue weighted by atomic mass is 10.6. The summed E-state index contributed by atoms with van der Waals surface area (Å²) in [5.74, 6) is -0.850. The number of nitrogens with one attached hydrogen (secondary N) is 1. The monoisotopic (exact) mass is 123 g/mol. The van der Waals surface area contributed by atoms with Gasteiger partial charge in [-0.1, -0.05) is 0 Å². The summed E-state index contributed by atoms with van der Waals surface area (Å²) in [6.45, 7) is 0. The molecule has 0 atom stereocenters. The summed E-state index contributed by atoms with van der Waals surface area (Å²) in [4.78, 5) is 3.54. The molecule has 1 aliphatic rings. The third kappa shape index (κ3) is 0.583. The number of hydrogen-bond acceptors (Lipinski definition) is 4. The van der Waals surface area contributed by atoms with Gasteiger partial charge in [-0.3, -0.25) is 0 Å². The van der Waals surface area contributed by atoms with Gasteiger partial charge in [0.2, 0.25) is 5.84 Å². The lowest BCUT2D eigenvalue weighted by Gasteiger charge is -2.02. The molecule has 1 rings (SSSR count). The highest BCUT2D eigenvalue weighted by atomic mass is 19.3. The van der Waals surface area contributed by atoms with Gasteiger partial charge in [-0.2, -0.15) is 19.2 Å². The predicted molar refractivity (Wildman–Crippen MR) is 20.8 cm³/mol. The summed E-state index contributed by atoms with van der Waals surface area (Å²) in [7, 11) is 0. The van der Waals surface area contributed by atoms with Crippen LogP contribution in [0.15, 0.2) is 5.10 Å². The minimum atomic E-state index is -3.43. The van der Waals surface area contributed by atoms with E-state index >= 15 is 0 Å². The lowest BCUT2D eigenvalue weighted by Crippen LogP contribution is -2.33. The van der Waals surface area contributed by atoms with Crippen LogP contribution < -0.4 is 11.3 Å². The molecule has 3 N–H and O–H groups in total. The van der Waals surface area contributed by atoms with Crippen molar-refractivity contribution in [3.8, 4) is 0 Å². The lowest BCUT2D eigenvalue weighted by molar-refractivity contribution is -0.205. The van der Waals surface area contributed by atoms with Gasteiger partial charge in [0.05, 0.1) is 0 Å². The van der Waals surface area contributed by atoms with Crippen LogP contribution in [-0.2, 0) is 4.84 Å². The van der Waals surface area contributed by atoms with Crippen molar-refractivity contribution in [3.05, 3.63) is 0 Å². The molecule has 4 nitrogen and oxygen atoms in total. The number of nitrogens with two attached hydrogens (primary N) is 1. The van der Waals surface area contributed by atoms with E-state index in [9.17, 15) is 8.78 Å². The van der Waals surface area contributed by atoms with Gasteiger partial charge in [0.1, 0.15) is 0 Å². The normalized spacial score (nSPS) is 24.5. The standard InChI is InChI=1S/C2H3F2N3O/c3-2(4)1(5)6-7-8-2/h7H,(H2,5,6). The fourth-order valence-electron chi connectivity index (χ4n) is 0.247. The van der Waals surface area contributed by atoms with Crippen LogP contribution in [0.2, 0.25) is 0 Å². The number of rotatable bonds is 0. The highest BCUT2D eigenvalue weighted by molar-refractivity contribution is 5.86. The van der Waals surface area contributed by atoms with Crippen molar-refractivity contribution >= 4 is 5.84 Å². The smallest absolute Gasteiger partial charge is 0.378 e. The van der Waals surface area contributed by atoms with E-state index in [1.807, 2.05) is 0 Å². The average Bonchev–Trinajstić information content (AvgIpc) is 1.86. The topological polar surface area (TPSA) is 59.6 Å². The van der Waals surface area contributed by atoms with Crippen LogP contribution >= 0.6 is 0 Å². The molecule has 0 spiro atoms. The van der Waals surface area contributed by atoms with Crippen LogP contribution in [0.4, 0.5) is 8.78 Å². The summed E-state index contributed by atoms with van der Waals surface area (Å²) in [5, 5.41) is 2.86. The van der Waals surface area contributed by atoms with Gasteiger partial charge in [0.25, 0.3) is 0 Å². The Labute approximate surface area is 43.3 Å². The fraction of sp³-hybridized carbons (Fsp3) is 0.500. The van der Waals surface area contributed by atoms with Gasteiger partial charge in [0, 0.05) is 0 Å². The molecule has 0 saturated carbocycles. The molecular weight excluding hydrogens is 120 g/mol. The predicted octanol–water partition coefficient (Wildman–Crippen LogP) is -0.614. The zero-order valence-corrected chi connectivity index (χ0v) is 3.69. The maximum absolute atomic E-state index is 11.8. The second-order valence-corrected chi connectivity index (χ2v) is 1.21. The molecule has 0 aromatic carbocycles. The highest BCUT2D eigenvalue weighted by Gasteiger charge is 2.40. The Hall–Kier alpha value is -0.910. The average molecular weight is 123 g/mol. The van der Waals surface area contributed by atoms with E-state index in [4.69, 9.17) is 0 Å². The molecule has 6 heteroatoms. The van der Waals surface area contributed by atoms with Crippen LogP contribution in [0.1, 0.15) is 0 Å². The van der Waals surface area contributed by atoms with Gasteiger partial charge in [0.15, 0.2) is 0 Å². The van der Waals surface area contributed by atoms with Crippen molar-refractivity contribution < 1.29 is 13.6 Å². The van der Waals surface area contributed by atoms with E-state index in [1.165, 1.54) is 0 Å². The number of hydrogen-bond donors (Lipinski definition) is 2. The SMILES string of the molecule is NC1=NNOC1(F)F. The first-order chi connectivity index (χ1) is 3.63. The van der Waals surface area contributed by atoms with Crippen molar-refractivity contribution in [2.24, 2.45) is 10.8 Å². The van der Waals surface area contributed by atoms with Crippen molar-refractivity contribution in [1.82, 2.24) is 5.59 Å². The molecular formula is C2H3F2N3O. The third-order valence-corrected chi connectivity index (χ3v) is 0.638. The minimum Gasteiger partial charge on any atom is -0.378 e. The first kappa shape index (κ1) is 5.23. The molecule has 0 aromatic heterocycles. The zero-order chi connectivity index (χ0) is 6.20. The van der Waals surface area contributed by atoms with E-state index in [1.54, 1.807) is 5.59 Å². The van der Waals surface area contributed by atoms with Gasteiger partial charge >= 0.3 is 6.11 Å². The van der Waals surface area contributed by atoms with E-state index < -0.39 is 11.9 Å². The summed E-state index contributed by atoms with van der Waals surface area (Å²) in [6, 6.07) is 0. The summed E-state index contributed by atoms with van der Waals surface area (Å²) >= 11 is 0. The summed E-state index contributed by atoms with van der Waals surface area (Å²) in [5.41, 5.74) is 6.20. The Morgan fingerprint density at radius 1 is 1.75 bits per heavy atom. The Kier molecular flexibility index (Phi) is 0.839. The van der Waals surface area contributed by atoms with E-state index in [0.29, 0.717) is 0 Å². The molecule has 8 heavy (non-hydrogen) atoms. The van der Waals surface area contributed by atoms with Gasteiger partial charge in [-0.15, -0.1) is 5.10 Å². The summed E-state index contributed by atoms with van der Waals surface area (Å²) < 4.78 is 23.6.